The first-order valence-corrected chi connectivity index (χ1v) is 26.4. The Morgan fingerprint density at radius 2 is 1.57 bits per heavy atom. The Bertz CT molecular complexity index is 3290. The van der Waals surface area contributed by atoms with E-state index < -0.39 is 26.3 Å². The molecule has 21 heteroatoms. The Kier molecular flexibility index (Phi) is 14.9. The fraction of sp³-hybridized carbons (Fsp3) is 0.367. The molecule has 1 aliphatic rings. The van der Waals surface area contributed by atoms with E-state index in [9.17, 15) is 31.8 Å². The minimum atomic E-state index is -3.69. The lowest BCUT2D eigenvalue weighted by Gasteiger charge is -2.36. The van der Waals surface area contributed by atoms with Gasteiger partial charge in [0, 0.05) is 108 Å². The van der Waals surface area contributed by atoms with E-state index >= 15 is 0 Å². The number of nitrogens with one attached hydrogen (secondary N) is 1. The largest absolute Gasteiger partial charge is 0.507 e. The number of anilines is 1. The molecule has 0 aliphatic carbocycles. The Morgan fingerprint density at radius 1 is 0.843 bits per heavy atom. The topological polar surface area (TPSA) is 207 Å². The van der Waals surface area contributed by atoms with Gasteiger partial charge in [0.05, 0.1) is 34.8 Å². The Hall–Kier alpha value is -6.00. The number of piperazine rings is 1. The second-order valence-corrected chi connectivity index (χ2v) is 21.9. The molecule has 1 aliphatic heterocycles. The van der Waals surface area contributed by atoms with Gasteiger partial charge in [-0.1, -0.05) is 48.0 Å². The fourth-order valence-electron chi connectivity index (χ4n) is 9.32. The van der Waals surface area contributed by atoms with Gasteiger partial charge in [-0.15, -0.1) is 0 Å². The maximum absolute atomic E-state index is 12.9. The number of nitrogens with zero attached hydrogens (tertiary/aromatic N) is 8. The summed E-state index contributed by atoms with van der Waals surface area (Å²) in [5.74, 6) is -0.312. The van der Waals surface area contributed by atoms with Gasteiger partial charge in [0.25, 0.3) is 20.3 Å². The number of aromatic nitrogens is 5. The molecule has 0 bridgehead atoms. The zero-order valence-corrected chi connectivity index (χ0v) is 42.4. The van der Waals surface area contributed by atoms with Gasteiger partial charge in [-0.05, 0) is 84.7 Å². The molecule has 1 saturated heterocycles. The third-order valence-electron chi connectivity index (χ3n) is 12.8. The molecular formula is C49H58ClN9O9S2. The number of phenolic OH excluding ortho intramolecular Hbond substituents is 1. The molecule has 8 rings (SSSR count). The van der Waals surface area contributed by atoms with Crippen molar-refractivity contribution < 1.29 is 40.8 Å². The number of halogens is 1. The van der Waals surface area contributed by atoms with E-state index in [0.717, 1.165) is 45.4 Å². The maximum atomic E-state index is 12.9. The van der Waals surface area contributed by atoms with E-state index in [1.54, 1.807) is 28.4 Å². The summed E-state index contributed by atoms with van der Waals surface area (Å²) in [7, 11) is 1.30. The van der Waals surface area contributed by atoms with Crippen LogP contribution in [0.3, 0.4) is 0 Å². The summed E-state index contributed by atoms with van der Waals surface area (Å²) in [6, 6.07) is 24.9. The summed E-state index contributed by atoms with van der Waals surface area (Å²) in [6.45, 7) is 2.45. The first-order valence-electron chi connectivity index (χ1n) is 22.8. The number of carbonyl (C=O) groups is 1. The average molecular weight is 1020 g/mol. The molecule has 4 aromatic carbocycles. The Morgan fingerprint density at radius 3 is 2.27 bits per heavy atom. The lowest BCUT2D eigenvalue weighted by atomic mass is 9.97. The highest BCUT2D eigenvalue weighted by molar-refractivity contribution is 7.86. The highest BCUT2D eigenvalue weighted by Crippen LogP contribution is 2.42. The van der Waals surface area contributed by atoms with Crippen molar-refractivity contribution in [1.29, 1.82) is 0 Å². The number of hydrogen-bond donors (Lipinski definition) is 3. The highest BCUT2D eigenvalue weighted by atomic mass is 35.5. The predicted octanol–water partition coefficient (Wildman–Crippen LogP) is 6.01. The van der Waals surface area contributed by atoms with Crippen molar-refractivity contribution in [3.63, 3.8) is 0 Å². The maximum Gasteiger partial charge on any atom is 0.352 e. The van der Waals surface area contributed by atoms with Crippen molar-refractivity contribution in [2.45, 2.75) is 45.4 Å². The third-order valence-corrected chi connectivity index (χ3v) is 15.6. The van der Waals surface area contributed by atoms with E-state index in [-0.39, 0.29) is 37.5 Å². The molecule has 70 heavy (non-hydrogen) atoms. The molecule has 372 valence electrons. The molecule has 0 radical (unpaired) electrons. The van der Waals surface area contributed by atoms with Crippen LogP contribution in [0.1, 0.15) is 50.8 Å². The standard InChI is InChI=1S/C49H58ClN9O9S2/c1-54(2)70(65,66)59-23-21-58(22-24-59)35-15-17-37(18-16-35)67-31-42-46(45-41(50)20-19-40-39(12-9-25-68-69(6,63)64)48(49(61)62)55(3)47(40)45)43(57(5)53-42)30-51-29-34-28-36(56(4)52-34)14-13-32-26-33-10-7-8-11-38(33)44(60)27-32/h7-8,10-11,15-20,26-28,51,60H,9,12-14,21-25,29-31H2,1-6H3,(H,61,62). The molecule has 0 amide bonds. The monoisotopic (exact) mass is 1020 g/mol. The molecule has 1 fully saturated rings. The number of aryl methyl sites for hydroxylation is 6. The van der Waals surface area contributed by atoms with Gasteiger partial charge in [0.1, 0.15) is 29.5 Å². The lowest BCUT2D eigenvalue weighted by molar-refractivity contribution is 0.0685. The third kappa shape index (κ3) is 10.8. The number of carboxylic acid groups (broad SMARTS) is 1. The van der Waals surface area contributed by atoms with E-state index in [2.05, 4.69) is 22.3 Å². The number of aromatic hydroxyl groups is 1. The van der Waals surface area contributed by atoms with Crippen LogP contribution in [0.15, 0.2) is 78.9 Å². The first kappa shape index (κ1) is 50.4. The van der Waals surface area contributed by atoms with Crippen LogP contribution in [-0.2, 0) is 84.6 Å². The van der Waals surface area contributed by atoms with Crippen molar-refractivity contribution in [3.05, 3.63) is 123 Å². The molecule has 3 N–H and O–H groups in total. The van der Waals surface area contributed by atoms with Gasteiger partial charge in [-0.3, -0.25) is 13.5 Å². The summed E-state index contributed by atoms with van der Waals surface area (Å²) in [5, 5.41) is 37.3. The second kappa shape index (κ2) is 20.8. The smallest absolute Gasteiger partial charge is 0.352 e. The molecular weight excluding hydrogens is 958 g/mol. The van der Waals surface area contributed by atoms with E-state index in [1.165, 1.54) is 22.7 Å². The van der Waals surface area contributed by atoms with Gasteiger partial charge in [-0.25, -0.2) is 4.79 Å². The molecule has 0 atom stereocenters. The molecule has 4 heterocycles. The summed E-state index contributed by atoms with van der Waals surface area (Å²) >= 11 is 7.18. The minimum Gasteiger partial charge on any atom is -0.507 e. The number of phenols is 1. The molecule has 18 nitrogen and oxygen atoms in total. The normalized spacial score (nSPS) is 13.9. The van der Waals surface area contributed by atoms with E-state index in [4.69, 9.17) is 30.7 Å². The molecule has 0 unspecified atom stereocenters. The number of rotatable bonds is 20. The second-order valence-electron chi connectivity index (χ2n) is 17.7. The van der Waals surface area contributed by atoms with Gasteiger partial charge in [0.2, 0.25) is 0 Å². The Balaban J connectivity index is 1.06. The van der Waals surface area contributed by atoms with Gasteiger partial charge >= 0.3 is 5.97 Å². The summed E-state index contributed by atoms with van der Waals surface area (Å²) in [5.41, 5.74) is 7.49. The van der Waals surface area contributed by atoms with Crippen LogP contribution in [0.4, 0.5) is 5.69 Å². The minimum absolute atomic E-state index is 0.0286. The number of carboxylic acids is 1. The first-order chi connectivity index (χ1) is 33.3. The van der Waals surface area contributed by atoms with Crippen LogP contribution in [0, 0.1) is 0 Å². The van der Waals surface area contributed by atoms with Crippen LogP contribution in [-0.4, -0.2) is 119 Å². The zero-order chi connectivity index (χ0) is 50.1. The summed E-state index contributed by atoms with van der Waals surface area (Å²) in [4.78, 5) is 15.1. The van der Waals surface area contributed by atoms with Gasteiger partial charge in [-0.2, -0.15) is 35.6 Å². The van der Waals surface area contributed by atoms with Crippen molar-refractivity contribution in [3.8, 4) is 22.6 Å². The molecule has 7 aromatic rings. The van der Waals surface area contributed by atoms with Crippen molar-refractivity contribution in [2.24, 2.45) is 21.1 Å². The van der Waals surface area contributed by atoms with E-state index in [1.807, 2.05) is 73.4 Å². The van der Waals surface area contributed by atoms with Crippen molar-refractivity contribution in [2.75, 3.05) is 58.0 Å². The molecule has 0 spiro atoms. The van der Waals surface area contributed by atoms with Crippen LogP contribution in [0.2, 0.25) is 5.02 Å². The SMILES string of the molecule is CN(C)S(=O)(=O)N1CCN(c2ccc(OCc3nn(C)c(CNCc4cc(CCc5cc(O)c6ccccc6c5)n(C)n4)c3-c3c(Cl)ccc4c(CCCOS(C)(=O)=O)c(C(=O)O)n(C)c34)cc2)CC1. The lowest BCUT2D eigenvalue weighted by Crippen LogP contribution is -2.51. The Labute approximate surface area is 412 Å². The van der Waals surface area contributed by atoms with Crippen molar-refractivity contribution in [1.82, 2.24) is 38.1 Å². The van der Waals surface area contributed by atoms with Crippen LogP contribution >= 0.6 is 11.6 Å². The van der Waals surface area contributed by atoms with Crippen molar-refractivity contribution >= 4 is 65.3 Å². The van der Waals surface area contributed by atoms with Crippen LogP contribution in [0.25, 0.3) is 32.8 Å². The quantitative estimate of drug-likeness (QED) is 0.0592. The van der Waals surface area contributed by atoms with Gasteiger partial charge in [0.15, 0.2) is 0 Å². The highest BCUT2D eigenvalue weighted by Gasteiger charge is 2.30. The summed E-state index contributed by atoms with van der Waals surface area (Å²) < 4.78 is 68.2. The van der Waals surface area contributed by atoms with E-state index in [0.29, 0.717) is 96.2 Å². The zero-order valence-electron chi connectivity index (χ0n) is 40.0. The van der Waals surface area contributed by atoms with Crippen LogP contribution < -0.4 is 15.0 Å². The number of ether oxygens (including phenoxy) is 1. The number of hydrogen-bond acceptors (Lipinski definition) is 12. The number of benzene rings is 4. The predicted molar refractivity (Wildman–Crippen MR) is 270 cm³/mol. The number of fused-ring (bicyclic) bond motifs is 2. The summed E-state index contributed by atoms with van der Waals surface area (Å²) in [6.07, 6.45) is 2.88. The van der Waals surface area contributed by atoms with Gasteiger partial charge < -0.3 is 29.7 Å². The average Bonchev–Trinajstić information content (AvgIpc) is 3.94. The molecule has 3 aromatic heterocycles. The fourth-order valence-corrected chi connectivity index (χ4v) is 11.1. The number of aromatic carboxylic acids is 1. The molecule has 0 saturated carbocycles. The van der Waals surface area contributed by atoms with Crippen LogP contribution in [0.5, 0.6) is 11.5 Å².